The highest BCUT2D eigenvalue weighted by molar-refractivity contribution is 6.36. The number of hydrogen-bond donors (Lipinski definition) is 1. The first-order valence-corrected chi connectivity index (χ1v) is 11.3. The van der Waals surface area contributed by atoms with E-state index in [1.807, 2.05) is 43.3 Å². The maximum absolute atomic E-state index is 6.52. The number of halogens is 1. The van der Waals surface area contributed by atoms with Gasteiger partial charge in [-0.15, -0.1) is 0 Å². The third-order valence-corrected chi connectivity index (χ3v) is 6.14. The van der Waals surface area contributed by atoms with E-state index in [1.165, 1.54) is 12.8 Å². The van der Waals surface area contributed by atoms with Crippen molar-refractivity contribution in [2.24, 2.45) is 0 Å². The van der Waals surface area contributed by atoms with Crippen molar-refractivity contribution in [1.29, 1.82) is 0 Å². The van der Waals surface area contributed by atoms with Gasteiger partial charge in [-0.05, 0) is 62.5 Å². The topological polar surface area (TPSA) is 76.1 Å². The van der Waals surface area contributed by atoms with Gasteiger partial charge >= 0.3 is 0 Å². The van der Waals surface area contributed by atoms with Gasteiger partial charge in [0, 0.05) is 12.7 Å². The minimum absolute atomic E-state index is 0.126. The van der Waals surface area contributed by atoms with Crippen molar-refractivity contribution in [1.82, 2.24) is 24.8 Å². The largest absolute Gasteiger partial charge is 0.476 e. The first kappa shape index (κ1) is 20.8. The Morgan fingerprint density at radius 1 is 1.12 bits per heavy atom. The molecule has 1 N–H and O–H groups in total. The summed E-state index contributed by atoms with van der Waals surface area (Å²) < 4.78 is 6.17. The Hall–Kier alpha value is -3.03. The highest BCUT2D eigenvalue weighted by atomic mass is 35.5. The normalized spacial score (nSPS) is 15.3. The molecule has 32 heavy (non-hydrogen) atoms. The highest BCUT2D eigenvalue weighted by Crippen LogP contribution is 2.33. The fourth-order valence-corrected chi connectivity index (χ4v) is 4.40. The molecule has 1 saturated heterocycles. The average Bonchev–Trinajstić information content (AvgIpc) is 3.33. The van der Waals surface area contributed by atoms with Gasteiger partial charge in [-0.1, -0.05) is 23.7 Å². The monoisotopic (exact) mass is 448 g/mol. The molecule has 7 nitrogen and oxygen atoms in total. The Balaban J connectivity index is 1.43. The lowest BCUT2D eigenvalue weighted by molar-refractivity contribution is 0.233. The Morgan fingerprint density at radius 2 is 2.00 bits per heavy atom. The van der Waals surface area contributed by atoms with Crippen molar-refractivity contribution in [3.63, 3.8) is 0 Å². The average molecular weight is 449 g/mol. The SMILES string of the molecule is CC(Nc1ncnc2cccnc12)c1cc2cccc(Cl)c2c(OCCN2CCCC2)n1. The lowest BCUT2D eigenvalue weighted by Crippen LogP contribution is -2.25. The van der Waals surface area contributed by atoms with Crippen LogP contribution in [0.2, 0.25) is 5.02 Å². The molecular formula is C24H25ClN6O. The van der Waals surface area contributed by atoms with Crippen LogP contribution in [0.4, 0.5) is 5.82 Å². The smallest absolute Gasteiger partial charge is 0.223 e. The number of nitrogens with one attached hydrogen (secondary N) is 1. The lowest BCUT2D eigenvalue weighted by atomic mass is 10.1. The number of likely N-dealkylation sites (tertiary alicyclic amines) is 1. The van der Waals surface area contributed by atoms with Crippen LogP contribution in [-0.2, 0) is 0 Å². The summed E-state index contributed by atoms with van der Waals surface area (Å²) in [6.45, 7) is 5.80. The van der Waals surface area contributed by atoms with Crippen LogP contribution in [0, 0.1) is 0 Å². The minimum Gasteiger partial charge on any atom is -0.476 e. The molecule has 1 aliphatic heterocycles. The van der Waals surface area contributed by atoms with Gasteiger partial charge in [0.25, 0.3) is 0 Å². The zero-order chi connectivity index (χ0) is 21.9. The summed E-state index contributed by atoms with van der Waals surface area (Å²) in [4.78, 5) is 20.4. The molecule has 0 amide bonds. The van der Waals surface area contributed by atoms with Gasteiger partial charge in [-0.2, -0.15) is 0 Å². The number of rotatable bonds is 7. The highest BCUT2D eigenvalue weighted by Gasteiger charge is 2.17. The van der Waals surface area contributed by atoms with Gasteiger partial charge in [-0.25, -0.2) is 15.0 Å². The summed E-state index contributed by atoms with van der Waals surface area (Å²) in [5.74, 6) is 1.24. The first-order valence-electron chi connectivity index (χ1n) is 11.0. The number of ether oxygens (including phenoxy) is 1. The van der Waals surface area contributed by atoms with Crippen molar-refractivity contribution >= 4 is 39.2 Å². The minimum atomic E-state index is -0.126. The van der Waals surface area contributed by atoms with Crippen molar-refractivity contribution in [3.05, 3.63) is 59.6 Å². The quantitative estimate of drug-likeness (QED) is 0.432. The third kappa shape index (κ3) is 4.31. The number of hydrogen-bond acceptors (Lipinski definition) is 7. The molecule has 8 heteroatoms. The number of benzene rings is 1. The Morgan fingerprint density at radius 3 is 2.88 bits per heavy atom. The molecule has 1 atom stereocenters. The van der Waals surface area contributed by atoms with Crippen molar-refractivity contribution in [2.45, 2.75) is 25.8 Å². The maximum atomic E-state index is 6.52. The molecule has 0 saturated carbocycles. The summed E-state index contributed by atoms with van der Waals surface area (Å²) in [6.07, 6.45) is 5.81. The van der Waals surface area contributed by atoms with E-state index in [0.717, 1.165) is 47.1 Å². The van der Waals surface area contributed by atoms with Crippen LogP contribution >= 0.6 is 11.6 Å². The summed E-state index contributed by atoms with van der Waals surface area (Å²) in [5.41, 5.74) is 2.37. The van der Waals surface area contributed by atoms with E-state index in [1.54, 1.807) is 12.5 Å². The molecule has 1 fully saturated rings. The molecule has 0 aliphatic carbocycles. The van der Waals surface area contributed by atoms with E-state index in [9.17, 15) is 0 Å². The van der Waals surface area contributed by atoms with Gasteiger partial charge < -0.3 is 10.1 Å². The van der Waals surface area contributed by atoms with Gasteiger partial charge in [0.2, 0.25) is 5.88 Å². The van der Waals surface area contributed by atoms with Crippen LogP contribution in [0.25, 0.3) is 21.8 Å². The number of aromatic nitrogens is 4. The summed E-state index contributed by atoms with van der Waals surface area (Å²) in [6, 6.07) is 11.6. The summed E-state index contributed by atoms with van der Waals surface area (Å²) >= 11 is 6.52. The van der Waals surface area contributed by atoms with Crippen LogP contribution in [0.1, 0.15) is 31.5 Å². The molecule has 1 aromatic carbocycles. The second-order valence-electron chi connectivity index (χ2n) is 8.05. The zero-order valence-electron chi connectivity index (χ0n) is 18.0. The van der Waals surface area contributed by atoms with Gasteiger partial charge in [0.05, 0.1) is 27.7 Å². The molecule has 5 rings (SSSR count). The molecule has 1 aliphatic rings. The second-order valence-corrected chi connectivity index (χ2v) is 8.45. The third-order valence-electron chi connectivity index (χ3n) is 5.83. The van der Waals surface area contributed by atoms with Crippen molar-refractivity contribution < 1.29 is 4.74 Å². The Kier molecular flexibility index (Phi) is 6.01. The Bertz CT molecular complexity index is 1240. The summed E-state index contributed by atoms with van der Waals surface area (Å²) in [5, 5.41) is 5.92. The van der Waals surface area contributed by atoms with Crippen molar-refractivity contribution in [2.75, 3.05) is 31.6 Å². The lowest BCUT2D eigenvalue weighted by Gasteiger charge is -2.19. The van der Waals surface area contributed by atoms with E-state index < -0.39 is 0 Å². The molecule has 1 unspecified atom stereocenters. The van der Waals surface area contributed by atoms with E-state index in [2.05, 4.69) is 25.2 Å². The van der Waals surface area contributed by atoms with E-state index in [0.29, 0.717) is 23.3 Å². The van der Waals surface area contributed by atoms with Crippen LogP contribution in [-0.4, -0.2) is 51.1 Å². The standard InChI is InChI=1S/C24H25ClN6O/c1-16(29-23-22-19(27-15-28-23)8-5-9-26-22)20-14-17-6-4-7-18(25)21(17)24(30-20)32-13-12-31-10-2-3-11-31/h4-9,14-16H,2-3,10-13H2,1H3,(H,27,28,29). The maximum Gasteiger partial charge on any atom is 0.223 e. The van der Waals surface area contributed by atoms with Crippen LogP contribution < -0.4 is 10.1 Å². The number of fused-ring (bicyclic) bond motifs is 2. The first-order chi connectivity index (χ1) is 15.7. The number of nitrogens with zero attached hydrogens (tertiary/aromatic N) is 5. The van der Waals surface area contributed by atoms with Gasteiger partial charge in [0.15, 0.2) is 5.82 Å². The number of anilines is 1. The molecule has 0 radical (unpaired) electrons. The molecule has 3 aromatic heterocycles. The van der Waals surface area contributed by atoms with E-state index in [-0.39, 0.29) is 6.04 Å². The molecular weight excluding hydrogens is 424 g/mol. The predicted molar refractivity (Wildman–Crippen MR) is 127 cm³/mol. The van der Waals surface area contributed by atoms with Crippen LogP contribution in [0.15, 0.2) is 48.9 Å². The van der Waals surface area contributed by atoms with E-state index >= 15 is 0 Å². The van der Waals surface area contributed by atoms with Crippen LogP contribution in [0.5, 0.6) is 5.88 Å². The van der Waals surface area contributed by atoms with Crippen molar-refractivity contribution in [3.8, 4) is 5.88 Å². The molecule has 164 valence electrons. The molecule has 0 bridgehead atoms. The molecule has 0 spiro atoms. The van der Waals surface area contributed by atoms with Gasteiger partial charge in [0.1, 0.15) is 18.5 Å². The summed E-state index contributed by atoms with van der Waals surface area (Å²) in [7, 11) is 0. The fourth-order valence-electron chi connectivity index (χ4n) is 4.13. The fraction of sp³-hybridized carbons (Fsp3) is 0.333. The van der Waals surface area contributed by atoms with Crippen LogP contribution in [0.3, 0.4) is 0 Å². The Labute approximate surface area is 191 Å². The molecule has 4 heterocycles. The number of pyridine rings is 2. The molecule has 4 aromatic rings. The van der Waals surface area contributed by atoms with Gasteiger partial charge in [-0.3, -0.25) is 9.88 Å². The second kappa shape index (κ2) is 9.22. The van der Waals surface area contributed by atoms with E-state index in [4.69, 9.17) is 21.3 Å². The zero-order valence-corrected chi connectivity index (χ0v) is 18.7. The predicted octanol–water partition coefficient (Wildman–Crippen LogP) is 4.87.